The van der Waals surface area contributed by atoms with Gasteiger partial charge in [-0.15, -0.1) is 0 Å². The van der Waals surface area contributed by atoms with E-state index >= 15 is 0 Å². The number of nitrogens with one attached hydrogen (secondary N) is 3. The molecule has 5 atom stereocenters. The van der Waals surface area contributed by atoms with Gasteiger partial charge in [-0.1, -0.05) is 6.07 Å². The number of ether oxygens (including phenoxy) is 1. The number of carbonyl (C=O) groups excluding carboxylic acids is 3. The summed E-state index contributed by atoms with van der Waals surface area (Å²) in [7, 11) is 1.27. The van der Waals surface area contributed by atoms with Crippen LogP contribution >= 0.6 is 0 Å². The third kappa shape index (κ3) is 4.79. The standard InChI is InChI=1S/C20H28N4O4/c1-11-5-4-6-17(21-11)19(26)24-16-9-13-7-15(8-14(13)10-16)23-18(25)12(2)22-20(27)28-3/h4-6,12-16H,7-10H2,1-3H3,(H,22,27)(H,23,25)(H,24,26)/t12-,13-,14+,15?,16?/m0/s1. The van der Waals surface area contributed by atoms with Crippen molar-refractivity contribution in [1.82, 2.24) is 20.9 Å². The Morgan fingerprint density at radius 2 is 1.68 bits per heavy atom. The molecule has 152 valence electrons. The van der Waals surface area contributed by atoms with Crippen molar-refractivity contribution in [3.63, 3.8) is 0 Å². The van der Waals surface area contributed by atoms with Gasteiger partial charge in [0.25, 0.3) is 5.91 Å². The highest BCUT2D eigenvalue weighted by atomic mass is 16.5. The van der Waals surface area contributed by atoms with Crippen molar-refractivity contribution in [1.29, 1.82) is 0 Å². The molecular weight excluding hydrogens is 360 g/mol. The van der Waals surface area contributed by atoms with Gasteiger partial charge in [-0.2, -0.15) is 0 Å². The van der Waals surface area contributed by atoms with Gasteiger partial charge >= 0.3 is 6.09 Å². The van der Waals surface area contributed by atoms with E-state index in [0.717, 1.165) is 31.4 Å². The molecule has 3 rings (SSSR count). The number of hydrogen-bond acceptors (Lipinski definition) is 5. The zero-order chi connectivity index (χ0) is 20.3. The van der Waals surface area contributed by atoms with Crippen LogP contribution in [0.15, 0.2) is 18.2 Å². The fourth-order valence-corrected chi connectivity index (χ4v) is 4.41. The number of nitrogens with zero attached hydrogens (tertiary/aromatic N) is 1. The van der Waals surface area contributed by atoms with Gasteiger partial charge in [0.15, 0.2) is 0 Å². The molecule has 8 heteroatoms. The van der Waals surface area contributed by atoms with Crippen molar-refractivity contribution in [2.45, 2.75) is 57.7 Å². The van der Waals surface area contributed by atoms with Crippen molar-refractivity contribution in [2.75, 3.05) is 7.11 Å². The Bertz CT molecular complexity index is 739. The van der Waals surface area contributed by atoms with Gasteiger partial charge in [-0.3, -0.25) is 9.59 Å². The molecule has 2 fully saturated rings. The number of hydrogen-bond donors (Lipinski definition) is 3. The molecule has 0 spiro atoms. The van der Waals surface area contributed by atoms with Crippen LogP contribution in [-0.4, -0.2) is 48.1 Å². The summed E-state index contributed by atoms with van der Waals surface area (Å²) in [6, 6.07) is 5.06. The van der Waals surface area contributed by atoms with E-state index in [1.807, 2.05) is 19.1 Å². The SMILES string of the molecule is COC(=O)N[C@@H](C)C(=O)NC1C[C@H]2CC(NC(=O)c3cccc(C)n3)C[C@H]2C1. The van der Waals surface area contributed by atoms with Crippen molar-refractivity contribution >= 4 is 17.9 Å². The molecule has 8 nitrogen and oxygen atoms in total. The molecule has 0 saturated heterocycles. The van der Waals surface area contributed by atoms with Crippen LogP contribution in [0.25, 0.3) is 0 Å². The molecule has 0 aliphatic heterocycles. The highest BCUT2D eigenvalue weighted by Crippen LogP contribution is 2.44. The molecular formula is C20H28N4O4. The Morgan fingerprint density at radius 1 is 1.07 bits per heavy atom. The minimum Gasteiger partial charge on any atom is -0.453 e. The Morgan fingerprint density at radius 3 is 2.25 bits per heavy atom. The summed E-state index contributed by atoms with van der Waals surface area (Å²) in [5.41, 5.74) is 1.28. The zero-order valence-corrected chi connectivity index (χ0v) is 16.5. The minimum atomic E-state index is -0.637. The smallest absolute Gasteiger partial charge is 0.407 e. The number of aromatic nitrogens is 1. The van der Waals surface area contributed by atoms with Crippen LogP contribution in [0.2, 0.25) is 0 Å². The van der Waals surface area contributed by atoms with Crippen LogP contribution in [0.5, 0.6) is 0 Å². The van der Waals surface area contributed by atoms with Gasteiger partial charge in [-0.25, -0.2) is 9.78 Å². The van der Waals surface area contributed by atoms with E-state index in [-0.39, 0.29) is 23.9 Å². The summed E-state index contributed by atoms with van der Waals surface area (Å²) in [4.78, 5) is 40.1. The maximum Gasteiger partial charge on any atom is 0.407 e. The Kier molecular flexibility index (Phi) is 6.16. The van der Waals surface area contributed by atoms with E-state index < -0.39 is 12.1 Å². The Balaban J connectivity index is 1.45. The average Bonchev–Trinajstić information content (AvgIpc) is 3.19. The second-order valence-corrected chi connectivity index (χ2v) is 7.86. The molecule has 2 aliphatic carbocycles. The Labute approximate surface area is 164 Å². The zero-order valence-electron chi connectivity index (χ0n) is 16.5. The minimum absolute atomic E-state index is 0.111. The number of methoxy groups -OCH3 is 1. The van der Waals surface area contributed by atoms with E-state index in [0.29, 0.717) is 17.5 Å². The third-order valence-corrected chi connectivity index (χ3v) is 5.73. The lowest BCUT2D eigenvalue weighted by Crippen LogP contribution is -2.47. The van der Waals surface area contributed by atoms with E-state index in [4.69, 9.17) is 0 Å². The number of pyridine rings is 1. The van der Waals surface area contributed by atoms with Gasteiger partial charge in [0.2, 0.25) is 5.91 Å². The molecule has 2 saturated carbocycles. The number of carbonyl (C=O) groups is 3. The molecule has 1 aromatic heterocycles. The summed E-state index contributed by atoms with van der Waals surface area (Å²) in [5, 5.41) is 8.60. The van der Waals surface area contributed by atoms with Crippen LogP contribution in [0.4, 0.5) is 4.79 Å². The molecule has 1 aromatic rings. The first-order chi connectivity index (χ1) is 13.4. The lowest BCUT2D eigenvalue weighted by atomic mass is 10.0. The molecule has 0 aromatic carbocycles. The van der Waals surface area contributed by atoms with Crippen molar-refractivity contribution in [2.24, 2.45) is 11.8 Å². The van der Waals surface area contributed by atoms with Crippen LogP contribution in [0.1, 0.15) is 48.8 Å². The molecule has 2 unspecified atom stereocenters. The summed E-state index contributed by atoms with van der Waals surface area (Å²) < 4.78 is 4.51. The largest absolute Gasteiger partial charge is 0.453 e. The van der Waals surface area contributed by atoms with Crippen LogP contribution < -0.4 is 16.0 Å². The van der Waals surface area contributed by atoms with Crippen molar-refractivity contribution < 1.29 is 19.1 Å². The quantitative estimate of drug-likeness (QED) is 0.709. The number of fused-ring (bicyclic) bond motifs is 1. The molecule has 0 radical (unpaired) electrons. The van der Waals surface area contributed by atoms with Gasteiger partial charge in [0, 0.05) is 17.8 Å². The van der Waals surface area contributed by atoms with Gasteiger partial charge < -0.3 is 20.7 Å². The van der Waals surface area contributed by atoms with Crippen LogP contribution in [0, 0.1) is 18.8 Å². The number of alkyl carbamates (subject to hydrolysis) is 1. The predicted octanol–water partition coefficient (Wildman–Crippen LogP) is 1.54. The number of aryl methyl sites for hydroxylation is 1. The monoisotopic (exact) mass is 388 g/mol. The van der Waals surface area contributed by atoms with E-state index in [1.54, 1.807) is 13.0 Å². The second-order valence-electron chi connectivity index (χ2n) is 7.86. The summed E-state index contributed by atoms with van der Waals surface area (Å²) in [5.74, 6) is 0.655. The molecule has 3 N–H and O–H groups in total. The van der Waals surface area contributed by atoms with Gasteiger partial charge in [0.1, 0.15) is 11.7 Å². The van der Waals surface area contributed by atoms with Crippen LogP contribution in [0.3, 0.4) is 0 Å². The number of rotatable bonds is 5. The molecule has 3 amide bonds. The molecule has 0 bridgehead atoms. The first kappa shape index (κ1) is 20.1. The van der Waals surface area contributed by atoms with Crippen molar-refractivity contribution in [3.8, 4) is 0 Å². The molecule has 28 heavy (non-hydrogen) atoms. The maximum absolute atomic E-state index is 12.4. The number of amides is 3. The maximum atomic E-state index is 12.4. The normalized spacial score (nSPS) is 26.8. The van der Waals surface area contributed by atoms with E-state index in [9.17, 15) is 14.4 Å². The third-order valence-electron chi connectivity index (χ3n) is 5.73. The fourth-order valence-electron chi connectivity index (χ4n) is 4.41. The lowest BCUT2D eigenvalue weighted by Gasteiger charge is -2.19. The van der Waals surface area contributed by atoms with Crippen LogP contribution in [-0.2, 0) is 9.53 Å². The van der Waals surface area contributed by atoms with Gasteiger partial charge in [0.05, 0.1) is 7.11 Å². The highest BCUT2D eigenvalue weighted by Gasteiger charge is 2.42. The summed E-state index contributed by atoms with van der Waals surface area (Å²) in [6.07, 6.45) is 3.02. The summed E-state index contributed by atoms with van der Waals surface area (Å²) in [6.45, 7) is 3.50. The van der Waals surface area contributed by atoms with Crippen molar-refractivity contribution in [3.05, 3.63) is 29.6 Å². The molecule has 2 aliphatic rings. The highest BCUT2D eigenvalue weighted by molar-refractivity contribution is 5.92. The van der Waals surface area contributed by atoms with Gasteiger partial charge in [-0.05, 0) is 63.5 Å². The summed E-state index contributed by atoms with van der Waals surface area (Å²) >= 11 is 0. The lowest BCUT2D eigenvalue weighted by molar-refractivity contribution is -0.123. The Hall–Kier alpha value is -2.64. The topological polar surface area (TPSA) is 109 Å². The van der Waals surface area contributed by atoms with E-state index in [2.05, 4.69) is 25.7 Å². The average molecular weight is 388 g/mol. The first-order valence-electron chi connectivity index (χ1n) is 9.75. The predicted molar refractivity (Wildman–Crippen MR) is 103 cm³/mol. The van der Waals surface area contributed by atoms with E-state index in [1.165, 1.54) is 7.11 Å². The molecule has 1 heterocycles. The second kappa shape index (κ2) is 8.58. The fraction of sp³-hybridized carbons (Fsp3) is 0.600. The first-order valence-corrected chi connectivity index (χ1v) is 9.75.